The van der Waals surface area contributed by atoms with Crippen molar-refractivity contribution in [1.29, 1.82) is 0 Å². The first kappa shape index (κ1) is 12.4. The predicted octanol–water partition coefficient (Wildman–Crippen LogP) is 2.64. The highest BCUT2D eigenvalue weighted by Crippen LogP contribution is 2.37. The van der Waals surface area contributed by atoms with Gasteiger partial charge in [-0.2, -0.15) is 0 Å². The van der Waals surface area contributed by atoms with Gasteiger partial charge in [-0.05, 0) is 51.1 Å². The van der Waals surface area contributed by atoms with Crippen LogP contribution >= 0.6 is 0 Å². The highest BCUT2D eigenvalue weighted by Gasteiger charge is 2.32. The molecule has 0 aromatic carbocycles. The van der Waals surface area contributed by atoms with Crippen molar-refractivity contribution in [3.05, 3.63) is 0 Å². The molecular formula is C14H28N2. The lowest BCUT2D eigenvalue weighted by Crippen LogP contribution is -2.45. The van der Waals surface area contributed by atoms with Gasteiger partial charge in [0.05, 0.1) is 0 Å². The third kappa shape index (κ3) is 3.21. The molecule has 0 spiro atoms. The first-order chi connectivity index (χ1) is 7.57. The van der Waals surface area contributed by atoms with Crippen molar-refractivity contribution >= 4 is 0 Å². The summed E-state index contributed by atoms with van der Waals surface area (Å²) in [5.41, 5.74) is 0.575. The van der Waals surface area contributed by atoms with E-state index in [2.05, 4.69) is 31.0 Å². The van der Waals surface area contributed by atoms with E-state index in [1.165, 1.54) is 51.7 Å². The largest absolute Gasteiger partial charge is 0.313 e. The molecule has 2 nitrogen and oxygen atoms in total. The summed E-state index contributed by atoms with van der Waals surface area (Å²) in [7, 11) is 0. The maximum Gasteiger partial charge on any atom is 0.0166 e. The summed E-state index contributed by atoms with van der Waals surface area (Å²) in [5, 5.41) is 3.59. The summed E-state index contributed by atoms with van der Waals surface area (Å²) < 4.78 is 0. The standard InChI is InChI=1S/C14H28N2/c1-12-11-16(9-5-8-15-12)13-6-4-7-14(2,3)10-13/h12-13,15H,4-11H2,1-3H3. The molecule has 2 unspecified atom stereocenters. The second kappa shape index (κ2) is 5.05. The van der Waals surface area contributed by atoms with Gasteiger partial charge >= 0.3 is 0 Å². The Bertz CT molecular complexity index is 225. The number of hydrogen-bond donors (Lipinski definition) is 1. The molecule has 1 saturated carbocycles. The van der Waals surface area contributed by atoms with Crippen molar-refractivity contribution in [1.82, 2.24) is 10.2 Å². The Balaban J connectivity index is 1.94. The molecule has 0 amide bonds. The van der Waals surface area contributed by atoms with Crippen molar-refractivity contribution in [2.45, 2.75) is 65.0 Å². The van der Waals surface area contributed by atoms with Gasteiger partial charge in [-0.3, -0.25) is 4.90 Å². The quantitative estimate of drug-likeness (QED) is 0.736. The molecule has 0 bridgehead atoms. The predicted molar refractivity (Wildman–Crippen MR) is 69.7 cm³/mol. The molecule has 0 aromatic rings. The number of nitrogens with zero attached hydrogens (tertiary/aromatic N) is 1. The average molecular weight is 224 g/mol. The van der Waals surface area contributed by atoms with Crippen LogP contribution in [0.4, 0.5) is 0 Å². The Hall–Kier alpha value is -0.0800. The van der Waals surface area contributed by atoms with Gasteiger partial charge in [-0.25, -0.2) is 0 Å². The van der Waals surface area contributed by atoms with E-state index in [9.17, 15) is 0 Å². The SMILES string of the molecule is CC1CN(C2CCCC(C)(C)C2)CCCN1. The fourth-order valence-corrected chi connectivity index (χ4v) is 3.44. The first-order valence-corrected chi connectivity index (χ1v) is 7.04. The summed E-state index contributed by atoms with van der Waals surface area (Å²) in [6.07, 6.45) is 7.00. The Morgan fingerprint density at radius 3 is 2.81 bits per heavy atom. The molecule has 1 heterocycles. The zero-order chi connectivity index (χ0) is 11.6. The van der Waals surface area contributed by atoms with Gasteiger partial charge in [0.2, 0.25) is 0 Å². The van der Waals surface area contributed by atoms with E-state index < -0.39 is 0 Å². The smallest absolute Gasteiger partial charge is 0.0166 e. The third-order valence-corrected chi connectivity index (χ3v) is 4.32. The molecule has 2 heteroatoms. The molecule has 1 aliphatic carbocycles. The zero-order valence-corrected chi connectivity index (χ0v) is 11.3. The van der Waals surface area contributed by atoms with Crippen LogP contribution in [0.15, 0.2) is 0 Å². The summed E-state index contributed by atoms with van der Waals surface area (Å²) in [5.74, 6) is 0. The number of rotatable bonds is 1. The van der Waals surface area contributed by atoms with Crippen LogP contribution in [0.5, 0.6) is 0 Å². The molecule has 0 radical (unpaired) electrons. The summed E-state index contributed by atoms with van der Waals surface area (Å²) in [4.78, 5) is 2.76. The van der Waals surface area contributed by atoms with Gasteiger partial charge in [0.25, 0.3) is 0 Å². The van der Waals surface area contributed by atoms with Crippen molar-refractivity contribution < 1.29 is 0 Å². The molecule has 1 N–H and O–H groups in total. The van der Waals surface area contributed by atoms with E-state index in [1.807, 2.05) is 0 Å². The molecule has 1 saturated heterocycles. The van der Waals surface area contributed by atoms with Crippen molar-refractivity contribution in [3.63, 3.8) is 0 Å². The lowest BCUT2D eigenvalue weighted by molar-refractivity contribution is 0.0941. The van der Waals surface area contributed by atoms with Crippen molar-refractivity contribution in [3.8, 4) is 0 Å². The topological polar surface area (TPSA) is 15.3 Å². The van der Waals surface area contributed by atoms with E-state index >= 15 is 0 Å². The molecule has 2 atom stereocenters. The van der Waals surface area contributed by atoms with Crippen LogP contribution in [0.3, 0.4) is 0 Å². The van der Waals surface area contributed by atoms with Crippen LogP contribution in [0.25, 0.3) is 0 Å². The molecule has 2 fully saturated rings. The Morgan fingerprint density at radius 2 is 2.06 bits per heavy atom. The second-order valence-corrected chi connectivity index (χ2v) is 6.62. The highest BCUT2D eigenvalue weighted by atomic mass is 15.2. The monoisotopic (exact) mass is 224 g/mol. The molecule has 16 heavy (non-hydrogen) atoms. The fourth-order valence-electron chi connectivity index (χ4n) is 3.44. The van der Waals surface area contributed by atoms with Crippen LogP contribution in [0, 0.1) is 5.41 Å². The summed E-state index contributed by atoms with van der Waals surface area (Å²) in [6.45, 7) is 11.0. The third-order valence-electron chi connectivity index (χ3n) is 4.32. The second-order valence-electron chi connectivity index (χ2n) is 6.62. The van der Waals surface area contributed by atoms with Crippen LogP contribution in [-0.2, 0) is 0 Å². The lowest BCUT2D eigenvalue weighted by Gasteiger charge is -2.41. The van der Waals surface area contributed by atoms with Crippen LogP contribution < -0.4 is 5.32 Å². The molecule has 0 aromatic heterocycles. The van der Waals surface area contributed by atoms with Gasteiger partial charge in [0.1, 0.15) is 0 Å². The number of hydrogen-bond acceptors (Lipinski definition) is 2. The van der Waals surface area contributed by atoms with Crippen molar-refractivity contribution in [2.24, 2.45) is 5.41 Å². The van der Waals surface area contributed by atoms with Gasteiger partial charge in [0.15, 0.2) is 0 Å². The van der Waals surface area contributed by atoms with Crippen LogP contribution in [0.2, 0.25) is 0 Å². The fraction of sp³-hybridized carbons (Fsp3) is 1.00. The lowest BCUT2D eigenvalue weighted by atomic mass is 9.74. The summed E-state index contributed by atoms with van der Waals surface area (Å²) in [6, 6.07) is 1.53. The van der Waals surface area contributed by atoms with E-state index in [0.717, 1.165) is 6.04 Å². The Kier molecular flexibility index (Phi) is 3.91. The molecule has 1 aliphatic heterocycles. The van der Waals surface area contributed by atoms with Crippen LogP contribution in [0.1, 0.15) is 52.9 Å². The van der Waals surface area contributed by atoms with Gasteiger partial charge in [0, 0.05) is 18.6 Å². The maximum atomic E-state index is 3.59. The van der Waals surface area contributed by atoms with E-state index in [0.29, 0.717) is 11.5 Å². The molecule has 2 rings (SSSR count). The summed E-state index contributed by atoms with van der Waals surface area (Å²) >= 11 is 0. The maximum absolute atomic E-state index is 3.59. The number of nitrogens with one attached hydrogen (secondary N) is 1. The highest BCUT2D eigenvalue weighted by molar-refractivity contribution is 4.87. The average Bonchev–Trinajstić information content (AvgIpc) is 2.41. The molecule has 94 valence electrons. The molecule has 2 aliphatic rings. The van der Waals surface area contributed by atoms with Crippen molar-refractivity contribution in [2.75, 3.05) is 19.6 Å². The first-order valence-electron chi connectivity index (χ1n) is 7.04. The Labute approximate surface area is 101 Å². The minimum absolute atomic E-state index is 0.575. The van der Waals surface area contributed by atoms with Gasteiger partial charge in [-0.1, -0.05) is 20.3 Å². The van der Waals surface area contributed by atoms with E-state index in [1.54, 1.807) is 0 Å². The minimum atomic E-state index is 0.575. The van der Waals surface area contributed by atoms with E-state index in [4.69, 9.17) is 0 Å². The minimum Gasteiger partial charge on any atom is -0.313 e. The normalized spacial score (nSPS) is 36.9. The Morgan fingerprint density at radius 1 is 1.25 bits per heavy atom. The van der Waals surface area contributed by atoms with Crippen LogP contribution in [-0.4, -0.2) is 36.6 Å². The zero-order valence-electron chi connectivity index (χ0n) is 11.3. The van der Waals surface area contributed by atoms with Gasteiger partial charge < -0.3 is 5.32 Å². The van der Waals surface area contributed by atoms with E-state index in [-0.39, 0.29) is 0 Å². The van der Waals surface area contributed by atoms with Gasteiger partial charge in [-0.15, -0.1) is 0 Å². The molecular weight excluding hydrogens is 196 g/mol.